The topological polar surface area (TPSA) is 85.1 Å². The van der Waals surface area contributed by atoms with Gasteiger partial charge in [-0.3, -0.25) is 14.9 Å². The molecule has 1 aromatic heterocycles. The summed E-state index contributed by atoms with van der Waals surface area (Å²) in [7, 11) is 0. The molecule has 0 aliphatic rings. The predicted molar refractivity (Wildman–Crippen MR) is 113 cm³/mol. The van der Waals surface area contributed by atoms with Gasteiger partial charge in [0.15, 0.2) is 5.78 Å². The maximum Gasteiger partial charge on any atom is 0.322 e. The van der Waals surface area contributed by atoms with E-state index in [1.54, 1.807) is 36.4 Å². The lowest BCUT2D eigenvalue weighted by molar-refractivity contribution is 0.101. The van der Waals surface area contributed by atoms with Gasteiger partial charge in [-0.1, -0.05) is 53.6 Å². The van der Waals surface area contributed by atoms with Gasteiger partial charge in [-0.2, -0.15) is 0 Å². The van der Waals surface area contributed by atoms with Crippen molar-refractivity contribution < 1.29 is 14.0 Å². The van der Waals surface area contributed by atoms with Crippen LogP contribution in [0.25, 0.3) is 11.5 Å². The molecule has 6 nitrogen and oxygen atoms in total. The number of anilines is 1. The molecule has 0 atom stereocenters. The van der Waals surface area contributed by atoms with Gasteiger partial charge in [-0.25, -0.2) is 0 Å². The van der Waals surface area contributed by atoms with Crippen molar-refractivity contribution in [3.8, 4) is 11.5 Å². The van der Waals surface area contributed by atoms with Crippen LogP contribution in [0.3, 0.4) is 0 Å². The predicted octanol–water partition coefficient (Wildman–Crippen LogP) is 4.84. The lowest BCUT2D eigenvalue weighted by Crippen LogP contribution is -2.12. The number of nitrogens with one attached hydrogen (secondary N) is 1. The number of nitrogens with zero attached hydrogens (tertiary/aromatic N) is 2. The average Bonchev–Trinajstić information content (AvgIpc) is 3.24. The Hall–Kier alpha value is -4.06. The summed E-state index contributed by atoms with van der Waals surface area (Å²) in [4.78, 5) is 25.0. The van der Waals surface area contributed by atoms with E-state index in [0.717, 1.165) is 11.1 Å². The normalized spacial score (nSPS) is 10.6. The van der Waals surface area contributed by atoms with Crippen molar-refractivity contribution in [3.63, 3.8) is 0 Å². The van der Waals surface area contributed by atoms with Crippen molar-refractivity contribution in [2.75, 3.05) is 5.32 Å². The zero-order valence-electron chi connectivity index (χ0n) is 16.5. The molecule has 0 spiro atoms. The van der Waals surface area contributed by atoms with Crippen LogP contribution >= 0.6 is 0 Å². The van der Waals surface area contributed by atoms with E-state index in [2.05, 4.69) is 15.5 Å². The highest BCUT2D eigenvalue weighted by atomic mass is 16.4. The number of carbonyl (C=O) groups is 2. The molecule has 1 heterocycles. The van der Waals surface area contributed by atoms with Gasteiger partial charge in [0, 0.05) is 22.3 Å². The average molecular weight is 397 g/mol. The van der Waals surface area contributed by atoms with Gasteiger partial charge >= 0.3 is 6.01 Å². The van der Waals surface area contributed by atoms with Gasteiger partial charge in [0.05, 0.1) is 0 Å². The van der Waals surface area contributed by atoms with Crippen LogP contribution in [0.5, 0.6) is 0 Å². The molecule has 3 aromatic carbocycles. The maximum atomic E-state index is 12.5. The molecule has 4 aromatic rings. The first-order valence-electron chi connectivity index (χ1n) is 9.43. The van der Waals surface area contributed by atoms with Gasteiger partial charge in [-0.05, 0) is 49.2 Å². The molecule has 148 valence electrons. The van der Waals surface area contributed by atoms with Crippen LogP contribution in [-0.2, 0) is 0 Å². The zero-order chi connectivity index (χ0) is 21.1. The Morgan fingerprint density at radius 1 is 0.767 bits per heavy atom. The third-order valence-electron chi connectivity index (χ3n) is 4.84. The number of carbonyl (C=O) groups excluding carboxylic acids is 2. The number of amides is 1. The molecular formula is C24H19N3O3. The Bertz CT molecular complexity index is 1210. The summed E-state index contributed by atoms with van der Waals surface area (Å²) in [6.07, 6.45) is 0. The van der Waals surface area contributed by atoms with Crippen molar-refractivity contribution in [1.82, 2.24) is 10.2 Å². The minimum Gasteiger partial charge on any atom is -0.403 e. The van der Waals surface area contributed by atoms with Gasteiger partial charge in [0.2, 0.25) is 5.89 Å². The Morgan fingerprint density at radius 2 is 1.43 bits per heavy atom. The van der Waals surface area contributed by atoms with E-state index in [0.29, 0.717) is 22.6 Å². The van der Waals surface area contributed by atoms with Crippen LogP contribution < -0.4 is 5.32 Å². The van der Waals surface area contributed by atoms with Crippen LogP contribution in [0, 0.1) is 13.8 Å². The van der Waals surface area contributed by atoms with Gasteiger partial charge in [0.1, 0.15) is 0 Å². The van der Waals surface area contributed by atoms with Crippen LogP contribution in [0.15, 0.2) is 77.2 Å². The summed E-state index contributed by atoms with van der Waals surface area (Å²) >= 11 is 0. The molecule has 1 amide bonds. The minimum atomic E-state index is -0.399. The fourth-order valence-corrected chi connectivity index (χ4v) is 2.96. The molecule has 4 rings (SSSR count). The summed E-state index contributed by atoms with van der Waals surface area (Å²) < 4.78 is 5.57. The second-order valence-electron chi connectivity index (χ2n) is 6.94. The molecule has 0 unspecified atom stereocenters. The summed E-state index contributed by atoms with van der Waals surface area (Å²) in [6, 6.07) is 21.3. The Balaban J connectivity index is 1.46. The first-order chi connectivity index (χ1) is 14.5. The second-order valence-corrected chi connectivity index (χ2v) is 6.94. The van der Waals surface area contributed by atoms with E-state index in [4.69, 9.17) is 4.42 Å². The third-order valence-corrected chi connectivity index (χ3v) is 4.84. The molecular weight excluding hydrogens is 378 g/mol. The number of benzene rings is 3. The summed E-state index contributed by atoms with van der Waals surface area (Å²) in [5, 5.41) is 10.5. The highest BCUT2D eigenvalue weighted by Crippen LogP contribution is 2.22. The highest BCUT2D eigenvalue weighted by Gasteiger charge is 2.14. The van der Waals surface area contributed by atoms with E-state index in [1.807, 2.05) is 50.2 Å². The van der Waals surface area contributed by atoms with Crippen molar-refractivity contribution in [1.29, 1.82) is 0 Å². The molecule has 0 radical (unpaired) electrons. The van der Waals surface area contributed by atoms with Gasteiger partial charge in [0.25, 0.3) is 5.91 Å². The molecule has 6 heteroatoms. The zero-order valence-corrected chi connectivity index (χ0v) is 16.5. The summed E-state index contributed by atoms with van der Waals surface area (Å²) in [5.74, 6) is -0.168. The lowest BCUT2D eigenvalue weighted by atomic mass is 10.0. The molecule has 0 saturated heterocycles. The van der Waals surface area contributed by atoms with E-state index in [1.165, 1.54) is 5.56 Å². The number of hydrogen-bond donors (Lipinski definition) is 1. The lowest BCUT2D eigenvalue weighted by Gasteiger charge is -2.04. The first-order valence-corrected chi connectivity index (χ1v) is 9.43. The monoisotopic (exact) mass is 397 g/mol. The van der Waals surface area contributed by atoms with Crippen molar-refractivity contribution in [3.05, 3.63) is 101 Å². The minimum absolute atomic E-state index is 0.0117. The molecule has 0 aliphatic carbocycles. The SMILES string of the molecule is Cc1ccc(-c2nnc(NC(=O)c3ccc(C(=O)c4ccccc4)cc3)o2)cc1C. The molecule has 30 heavy (non-hydrogen) atoms. The number of hydrogen-bond acceptors (Lipinski definition) is 5. The van der Waals surface area contributed by atoms with Crippen molar-refractivity contribution >= 4 is 17.7 Å². The van der Waals surface area contributed by atoms with E-state index in [-0.39, 0.29) is 11.8 Å². The smallest absolute Gasteiger partial charge is 0.322 e. The Labute approximate surface area is 173 Å². The summed E-state index contributed by atoms with van der Waals surface area (Å²) in [6.45, 7) is 4.03. The Kier molecular flexibility index (Phi) is 5.22. The molecule has 1 N–H and O–H groups in total. The van der Waals surface area contributed by atoms with Crippen LogP contribution in [0.4, 0.5) is 6.01 Å². The summed E-state index contributed by atoms with van der Waals surface area (Å²) in [5.41, 5.74) is 4.55. The van der Waals surface area contributed by atoms with Crippen LogP contribution in [-0.4, -0.2) is 21.9 Å². The van der Waals surface area contributed by atoms with E-state index in [9.17, 15) is 9.59 Å². The Morgan fingerprint density at radius 3 is 2.13 bits per heavy atom. The van der Waals surface area contributed by atoms with Crippen molar-refractivity contribution in [2.45, 2.75) is 13.8 Å². The van der Waals surface area contributed by atoms with Crippen LogP contribution in [0.2, 0.25) is 0 Å². The fraction of sp³-hybridized carbons (Fsp3) is 0.0833. The van der Waals surface area contributed by atoms with Gasteiger partial charge in [-0.15, -0.1) is 5.10 Å². The maximum absolute atomic E-state index is 12.5. The number of aryl methyl sites for hydroxylation is 2. The number of ketones is 1. The van der Waals surface area contributed by atoms with Gasteiger partial charge < -0.3 is 4.42 Å². The second kappa shape index (κ2) is 8.13. The first kappa shape index (κ1) is 19.3. The highest BCUT2D eigenvalue weighted by molar-refractivity contribution is 6.10. The number of aromatic nitrogens is 2. The fourth-order valence-electron chi connectivity index (χ4n) is 2.96. The molecule has 0 bridgehead atoms. The molecule has 0 fully saturated rings. The van der Waals surface area contributed by atoms with E-state index >= 15 is 0 Å². The third kappa shape index (κ3) is 4.03. The quantitative estimate of drug-likeness (QED) is 0.487. The van der Waals surface area contributed by atoms with Crippen molar-refractivity contribution in [2.24, 2.45) is 0 Å². The standard InChI is InChI=1S/C24H19N3O3/c1-15-8-9-20(14-16(15)2)23-26-27-24(30-23)25-22(29)19-12-10-18(11-13-19)21(28)17-6-4-3-5-7-17/h3-14H,1-2H3,(H,25,27,29). The number of rotatable bonds is 5. The molecule has 0 aliphatic heterocycles. The van der Waals surface area contributed by atoms with E-state index < -0.39 is 5.91 Å². The van der Waals surface area contributed by atoms with Crippen LogP contribution in [0.1, 0.15) is 37.4 Å². The largest absolute Gasteiger partial charge is 0.403 e. The molecule has 0 saturated carbocycles.